The van der Waals surface area contributed by atoms with Crippen LogP contribution >= 0.6 is 0 Å². The van der Waals surface area contributed by atoms with Gasteiger partial charge >= 0.3 is 0 Å². The van der Waals surface area contributed by atoms with Gasteiger partial charge in [-0.1, -0.05) is 37.6 Å². The van der Waals surface area contributed by atoms with Crippen LogP contribution in [-0.4, -0.2) is 73.7 Å². The molecular formula is C30H39N9O2. The standard InChI is InChI=1S/C30H39N9O2/c1-21(2)25(31)19-41-20-39-23(4)17-28(36-39)27-18-30(37-12-14-40-15-13-37)33-29(8-10-32-34-27)38-11-9-26(35-38)24-7-5-6-22(3)16-24/h5-11,16-18,21,25,34H,12-15,19-20,31H2,1-4H3. The second kappa shape index (κ2) is 13.1. The van der Waals surface area contributed by atoms with Gasteiger partial charge in [-0.15, -0.1) is 0 Å². The quantitative estimate of drug-likeness (QED) is 0.316. The first kappa shape index (κ1) is 28.5. The lowest BCUT2D eigenvalue weighted by Crippen LogP contribution is -2.36. The predicted octanol–water partition coefficient (Wildman–Crippen LogP) is 4.06. The van der Waals surface area contributed by atoms with Crippen LogP contribution in [-0.2, 0) is 16.2 Å². The van der Waals surface area contributed by atoms with Gasteiger partial charge in [-0.05, 0) is 38.0 Å². The zero-order chi connectivity index (χ0) is 28.8. The molecule has 1 fully saturated rings. The number of nitrogens with two attached hydrogens (primary N) is 1. The Morgan fingerprint density at radius 2 is 1.83 bits per heavy atom. The molecule has 4 aromatic rings. The van der Waals surface area contributed by atoms with E-state index in [1.165, 1.54) is 5.56 Å². The largest absolute Gasteiger partial charge is 0.378 e. The van der Waals surface area contributed by atoms with Gasteiger partial charge in [0.25, 0.3) is 0 Å². The van der Waals surface area contributed by atoms with Gasteiger partial charge in [-0.25, -0.2) is 14.3 Å². The van der Waals surface area contributed by atoms with Crippen molar-refractivity contribution in [3.05, 3.63) is 72.2 Å². The van der Waals surface area contributed by atoms with Gasteiger partial charge in [0.2, 0.25) is 0 Å². The van der Waals surface area contributed by atoms with Crippen molar-refractivity contribution < 1.29 is 9.47 Å². The third-order valence-electron chi connectivity index (χ3n) is 7.10. The number of hydrogen-bond acceptors (Lipinski definition) is 8. The molecule has 0 bridgehead atoms. The number of benzene rings is 1. The van der Waals surface area contributed by atoms with Gasteiger partial charge in [-0.2, -0.15) is 15.3 Å². The minimum Gasteiger partial charge on any atom is -0.378 e. The molecule has 1 atom stereocenters. The number of aromatic amines is 1. The molecule has 3 aromatic heterocycles. The molecule has 3 N–H and O–H groups in total. The fourth-order valence-corrected chi connectivity index (χ4v) is 4.42. The van der Waals surface area contributed by atoms with Gasteiger partial charge in [-0.3, -0.25) is 5.10 Å². The van der Waals surface area contributed by atoms with Gasteiger partial charge in [0.15, 0.2) is 5.82 Å². The molecule has 4 heterocycles. The number of ether oxygens (including phenoxy) is 2. The Morgan fingerprint density at radius 1 is 1.00 bits per heavy atom. The van der Waals surface area contributed by atoms with E-state index in [9.17, 15) is 0 Å². The highest BCUT2D eigenvalue weighted by atomic mass is 16.5. The number of hydrogen-bond donors (Lipinski definition) is 2. The molecule has 0 aliphatic carbocycles. The lowest BCUT2D eigenvalue weighted by atomic mass is 10.1. The Balaban J connectivity index is 1.49. The fourth-order valence-electron chi connectivity index (χ4n) is 4.42. The van der Waals surface area contributed by atoms with Crippen LogP contribution in [0.5, 0.6) is 0 Å². The lowest BCUT2D eigenvalue weighted by molar-refractivity contribution is 0.0507. The third-order valence-corrected chi connectivity index (χ3v) is 7.10. The Morgan fingerprint density at radius 3 is 2.61 bits per heavy atom. The summed E-state index contributed by atoms with van der Waals surface area (Å²) in [7, 11) is 0. The monoisotopic (exact) mass is 557 g/mol. The molecule has 1 aliphatic rings. The van der Waals surface area contributed by atoms with Gasteiger partial charge in [0.1, 0.15) is 18.2 Å². The summed E-state index contributed by atoms with van der Waals surface area (Å²) in [6.45, 7) is 11.8. The summed E-state index contributed by atoms with van der Waals surface area (Å²) in [5.41, 5.74) is 11.7. The minimum absolute atomic E-state index is 0.0185. The Kier molecular flexibility index (Phi) is 9.07. The molecule has 216 valence electrons. The number of rotatable bonds is 9. The maximum atomic E-state index is 6.14. The van der Waals surface area contributed by atoms with Crippen LogP contribution in [0, 0.1) is 19.8 Å². The predicted molar refractivity (Wildman–Crippen MR) is 159 cm³/mol. The van der Waals surface area contributed by atoms with E-state index in [-0.39, 0.29) is 6.04 Å². The van der Waals surface area contributed by atoms with Crippen molar-refractivity contribution in [3.8, 4) is 28.5 Å². The average Bonchev–Trinajstić information content (AvgIpc) is 3.62. The summed E-state index contributed by atoms with van der Waals surface area (Å²) in [5.74, 6) is 1.76. The Labute approximate surface area is 240 Å². The normalized spacial score (nSPS) is 14.3. The highest BCUT2D eigenvalue weighted by Gasteiger charge is 2.16. The summed E-state index contributed by atoms with van der Waals surface area (Å²) in [4.78, 5) is 7.28. The molecule has 0 saturated carbocycles. The van der Waals surface area contributed by atoms with Gasteiger partial charge in [0.05, 0.1) is 37.4 Å². The molecule has 0 radical (unpaired) electrons. The van der Waals surface area contributed by atoms with E-state index in [4.69, 9.17) is 30.4 Å². The first-order valence-corrected chi connectivity index (χ1v) is 14.0. The van der Waals surface area contributed by atoms with Crippen LogP contribution in [0.3, 0.4) is 0 Å². The van der Waals surface area contributed by atoms with Crippen molar-refractivity contribution in [1.82, 2.24) is 34.7 Å². The number of nitrogens with one attached hydrogen (secondary N) is 1. The number of morpholine rings is 1. The van der Waals surface area contributed by atoms with Crippen LogP contribution in [0.15, 0.2) is 60.9 Å². The Hall–Kier alpha value is -4.06. The smallest absolute Gasteiger partial charge is 0.157 e. The van der Waals surface area contributed by atoms with Crippen molar-refractivity contribution >= 4 is 5.82 Å². The molecule has 1 aromatic carbocycles. The van der Waals surface area contributed by atoms with Crippen molar-refractivity contribution in [2.75, 3.05) is 37.8 Å². The highest BCUT2D eigenvalue weighted by molar-refractivity contribution is 5.60. The fraction of sp³-hybridized carbons (Fsp3) is 0.400. The summed E-state index contributed by atoms with van der Waals surface area (Å²) in [6.07, 6.45) is 3.60. The van der Waals surface area contributed by atoms with E-state index in [0.717, 1.165) is 47.2 Å². The maximum absolute atomic E-state index is 6.14. The number of aryl methyl sites for hydroxylation is 2. The van der Waals surface area contributed by atoms with Gasteiger partial charge in [0, 0.05) is 48.7 Å². The second-order valence-electron chi connectivity index (χ2n) is 10.6. The molecule has 1 unspecified atom stereocenters. The topological polar surface area (TPSA) is 125 Å². The third kappa shape index (κ3) is 7.18. The van der Waals surface area contributed by atoms with Crippen molar-refractivity contribution in [1.29, 1.82) is 0 Å². The molecule has 11 nitrogen and oxygen atoms in total. The van der Waals surface area contributed by atoms with Crippen LogP contribution in [0.2, 0.25) is 0 Å². The van der Waals surface area contributed by atoms with Crippen LogP contribution in [0.4, 0.5) is 5.82 Å². The number of anilines is 1. The first-order valence-electron chi connectivity index (χ1n) is 14.0. The molecule has 5 rings (SSSR count). The SMILES string of the molecule is Cc1cccc(-c2ccn(-c3ccn[nH]c(-c4cc(C)n(COCC(N)C(C)C)n4)cc(N4CCOCC4)n3)n2)c1. The number of nitrogens with zero attached hydrogens (tertiary/aromatic N) is 7. The number of H-pyrrole nitrogens is 1. The lowest BCUT2D eigenvalue weighted by Gasteiger charge is -2.27. The average molecular weight is 558 g/mol. The van der Waals surface area contributed by atoms with E-state index in [2.05, 4.69) is 54.1 Å². The van der Waals surface area contributed by atoms with E-state index in [1.807, 2.05) is 48.1 Å². The zero-order valence-corrected chi connectivity index (χ0v) is 24.2. The molecular weight excluding hydrogens is 518 g/mol. The molecule has 11 heteroatoms. The van der Waals surface area contributed by atoms with Crippen LogP contribution in [0.25, 0.3) is 28.5 Å². The van der Waals surface area contributed by atoms with Crippen molar-refractivity contribution in [2.24, 2.45) is 11.7 Å². The summed E-state index contributed by atoms with van der Waals surface area (Å²) in [5, 5.41) is 17.2. The van der Waals surface area contributed by atoms with E-state index in [0.29, 0.717) is 38.3 Å². The summed E-state index contributed by atoms with van der Waals surface area (Å²) < 4.78 is 15.1. The van der Waals surface area contributed by atoms with E-state index < -0.39 is 0 Å². The summed E-state index contributed by atoms with van der Waals surface area (Å²) >= 11 is 0. The van der Waals surface area contributed by atoms with Crippen LogP contribution in [0.1, 0.15) is 25.1 Å². The highest BCUT2D eigenvalue weighted by Crippen LogP contribution is 2.23. The van der Waals surface area contributed by atoms with E-state index in [1.54, 1.807) is 10.9 Å². The van der Waals surface area contributed by atoms with Crippen molar-refractivity contribution in [3.63, 3.8) is 0 Å². The molecule has 0 amide bonds. The second-order valence-corrected chi connectivity index (χ2v) is 10.6. The molecule has 1 aliphatic heterocycles. The zero-order valence-electron chi connectivity index (χ0n) is 24.2. The van der Waals surface area contributed by atoms with Crippen molar-refractivity contribution in [2.45, 2.75) is 40.5 Å². The first-order chi connectivity index (χ1) is 19.9. The maximum Gasteiger partial charge on any atom is 0.157 e. The van der Waals surface area contributed by atoms with E-state index >= 15 is 0 Å². The molecule has 0 spiro atoms. The number of aromatic nitrogens is 7. The Bertz CT molecular complexity index is 1500. The molecule has 41 heavy (non-hydrogen) atoms. The minimum atomic E-state index is -0.0185. The van der Waals surface area contributed by atoms with Crippen LogP contribution < -0.4 is 10.6 Å². The summed E-state index contributed by atoms with van der Waals surface area (Å²) in [6, 6.07) is 16.1. The van der Waals surface area contributed by atoms with Gasteiger partial charge < -0.3 is 20.1 Å². The molecule has 1 saturated heterocycles.